The molecular formula is C28H38F3NO2. The van der Waals surface area contributed by atoms with E-state index in [4.69, 9.17) is 4.74 Å². The van der Waals surface area contributed by atoms with Crippen molar-refractivity contribution in [1.29, 1.82) is 0 Å². The zero-order chi connectivity index (χ0) is 24.6. The Hall–Kier alpha value is -1.72. The minimum atomic E-state index is -4.34. The summed E-state index contributed by atoms with van der Waals surface area (Å²) in [5.74, 6) is 3.45. The molecule has 3 saturated carbocycles. The molecule has 3 nitrogen and oxygen atoms in total. The van der Waals surface area contributed by atoms with Gasteiger partial charge in [0.2, 0.25) is 5.91 Å². The second-order valence-corrected chi connectivity index (χ2v) is 12.3. The Morgan fingerprint density at radius 2 is 1.65 bits per heavy atom. The van der Waals surface area contributed by atoms with E-state index in [9.17, 15) is 18.0 Å². The van der Waals surface area contributed by atoms with Crippen molar-refractivity contribution in [3.63, 3.8) is 0 Å². The zero-order valence-electron chi connectivity index (χ0n) is 21.0. The van der Waals surface area contributed by atoms with Crippen LogP contribution >= 0.6 is 0 Å². The van der Waals surface area contributed by atoms with Crippen molar-refractivity contribution >= 4 is 5.91 Å². The molecule has 0 N–H and O–H groups in total. The summed E-state index contributed by atoms with van der Waals surface area (Å²) in [5, 5.41) is 0. The fourth-order valence-corrected chi connectivity index (χ4v) is 8.91. The quantitative estimate of drug-likeness (QED) is 0.468. The van der Waals surface area contributed by atoms with Gasteiger partial charge in [-0.3, -0.25) is 4.79 Å². The van der Waals surface area contributed by atoms with Crippen LogP contribution in [-0.2, 0) is 11.0 Å². The minimum absolute atomic E-state index is 0.00326. The summed E-state index contributed by atoms with van der Waals surface area (Å²) in [6.07, 6.45) is 1.67. The topological polar surface area (TPSA) is 29.5 Å². The highest BCUT2D eigenvalue weighted by Gasteiger charge is 2.64. The molecule has 4 fully saturated rings. The standard InChI is InChI=1S/C28H38F3NO2/c1-16-15-22-26(3,13-11-23(33)32(22)5)20-10-12-27(4)21(24(16)20)14-17(2)25(27)34-19-8-6-18(7-9-19)28(29,30)31/h6-9,16-17,20-22,24-25H,10-15H2,1-5H3/t16?,17?,20-,21+,22?,24-,25?,26-,27+/m1/s1. The van der Waals surface area contributed by atoms with Crippen molar-refractivity contribution in [2.45, 2.75) is 84.5 Å². The highest BCUT2D eigenvalue weighted by atomic mass is 19.4. The van der Waals surface area contributed by atoms with Gasteiger partial charge in [-0.1, -0.05) is 27.7 Å². The zero-order valence-corrected chi connectivity index (χ0v) is 21.0. The number of likely N-dealkylation sites (tertiary alicyclic amines) is 1. The van der Waals surface area contributed by atoms with E-state index in [1.807, 2.05) is 11.9 Å². The molecule has 1 heterocycles. The maximum absolute atomic E-state index is 13.0. The maximum Gasteiger partial charge on any atom is 0.416 e. The van der Waals surface area contributed by atoms with Crippen LogP contribution in [0.2, 0.25) is 0 Å². The van der Waals surface area contributed by atoms with Crippen molar-refractivity contribution in [1.82, 2.24) is 4.90 Å². The van der Waals surface area contributed by atoms with Crippen LogP contribution in [0.3, 0.4) is 0 Å². The third kappa shape index (κ3) is 3.49. The number of piperidine rings is 1. The van der Waals surface area contributed by atoms with Crippen LogP contribution in [-0.4, -0.2) is 30.0 Å². The van der Waals surface area contributed by atoms with Crippen molar-refractivity contribution in [2.24, 2.45) is 40.4 Å². The van der Waals surface area contributed by atoms with Gasteiger partial charge in [0.1, 0.15) is 11.9 Å². The normalized spacial score (nSPS) is 44.3. The molecule has 0 radical (unpaired) electrons. The van der Waals surface area contributed by atoms with Gasteiger partial charge >= 0.3 is 6.18 Å². The van der Waals surface area contributed by atoms with Crippen molar-refractivity contribution in [3.8, 4) is 5.75 Å². The highest BCUT2D eigenvalue weighted by Crippen LogP contribution is 2.67. The molecular weight excluding hydrogens is 439 g/mol. The van der Waals surface area contributed by atoms with Gasteiger partial charge in [0, 0.05) is 24.9 Å². The third-order valence-electron chi connectivity index (χ3n) is 10.6. The van der Waals surface area contributed by atoms with E-state index < -0.39 is 11.7 Å². The fourth-order valence-electron chi connectivity index (χ4n) is 8.91. The van der Waals surface area contributed by atoms with Crippen molar-refractivity contribution in [3.05, 3.63) is 29.8 Å². The molecule has 1 amide bonds. The van der Waals surface area contributed by atoms with Gasteiger partial charge in [0.25, 0.3) is 0 Å². The van der Waals surface area contributed by atoms with Crippen LogP contribution < -0.4 is 4.74 Å². The monoisotopic (exact) mass is 477 g/mol. The molecule has 9 atom stereocenters. The molecule has 1 saturated heterocycles. The summed E-state index contributed by atoms with van der Waals surface area (Å²) in [6.45, 7) is 9.42. The predicted octanol–water partition coefficient (Wildman–Crippen LogP) is 6.81. The third-order valence-corrected chi connectivity index (χ3v) is 10.6. The average molecular weight is 478 g/mol. The molecule has 4 unspecified atom stereocenters. The SMILES string of the molecule is CC1C[C@H]2[C@@H]3C(C)CC4N(C)C(=O)CC[C@]4(C)[C@@H]3CC[C@]2(C)C1Oc1ccc(C(F)(F)F)cc1. The van der Waals surface area contributed by atoms with E-state index >= 15 is 0 Å². The number of alkyl halides is 3. The highest BCUT2D eigenvalue weighted by molar-refractivity contribution is 5.77. The molecule has 5 rings (SSSR count). The maximum atomic E-state index is 13.0. The van der Waals surface area contributed by atoms with Gasteiger partial charge in [0.15, 0.2) is 0 Å². The number of benzene rings is 1. The first-order valence-corrected chi connectivity index (χ1v) is 13.0. The van der Waals surface area contributed by atoms with Crippen LogP contribution in [0.15, 0.2) is 24.3 Å². The van der Waals surface area contributed by atoms with E-state index in [-0.39, 0.29) is 22.8 Å². The summed E-state index contributed by atoms with van der Waals surface area (Å²) in [4.78, 5) is 14.5. The predicted molar refractivity (Wildman–Crippen MR) is 125 cm³/mol. The number of carbonyl (C=O) groups excluding carboxylic acids is 1. The summed E-state index contributed by atoms with van der Waals surface area (Å²) < 4.78 is 45.5. The van der Waals surface area contributed by atoms with Crippen LogP contribution in [0.25, 0.3) is 0 Å². The lowest BCUT2D eigenvalue weighted by Crippen LogP contribution is -2.63. The molecule has 1 aromatic carbocycles. The molecule has 0 bridgehead atoms. The second kappa shape index (κ2) is 7.89. The molecule has 1 aliphatic heterocycles. The van der Waals surface area contributed by atoms with Gasteiger partial charge < -0.3 is 9.64 Å². The Morgan fingerprint density at radius 1 is 0.971 bits per heavy atom. The number of nitrogens with zero attached hydrogens (tertiary/aromatic N) is 1. The summed E-state index contributed by atoms with van der Waals surface area (Å²) >= 11 is 0. The number of hydrogen-bond acceptors (Lipinski definition) is 2. The van der Waals surface area contributed by atoms with Gasteiger partial charge in [-0.2, -0.15) is 13.2 Å². The Labute approximate surface area is 201 Å². The number of ether oxygens (including phenoxy) is 1. The molecule has 0 spiro atoms. The molecule has 188 valence electrons. The van der Waals surface area contributed by atoms with Crippen molar-refractivity contribution in [2.75, 3.05) is 7.05 Å². The minimum Gasteiger partial charge on any atom is -0.490 e. The lowest BCUT2D eigenvalue weighted by Gasteiger charge is -2.63. The van der Waals surface area contributed by atoms with Gasteiger partial charge in [-0.05, 0) is 91.4 Å². The lowest BCUT2D eigenvalue weighted by molar-refractivity contribution is -0.168. The molecule has 3 aliphatic carbocycles. The first kappa shape index (κ1) is 24.0. The average Bonchev–Trinajstić information content (AvgIpc) is 3.02. The smallest absolute Gasteiger partial charge is 0.416 e. The summed E-state index contributed by atoms with van der Waals surface area (Å²) in [6, 6.07) is 5.52. The van der Waals surface area contributed by atoms with E-state index in [0.717, 1.165) is 44.2 Å². The van der Waals surface area contributed by atoms with E-state index in [1.54, 1.807) is 0 Å². The first-order valence-electron chi connectivity index (χ1n) is 13.0. The van der Waals surface area contributed by atoms with E-state index in [0.29, 0.717) is 47.8 Å². The fraction of sp³-hybridized carbons (Fsp3) is 0.750. The Morgan fingerprint density at radius 3 is 2.29 bits per heavy atom. The summed E-state index contributed by atoms with van der Waals surface area (Å²) in [7, 11) is 2.00. The number of rotatable bonds is 2. The molecule has 1 aromatic rings. The Kier molecular flexibility index (Phi) is 5.57. The Balaban J connectivity index is 1.40. The molecule has 6 heteroatoms. The van der Waals surface area contributed by atoms with E-state index in [1.165, 1.54) is 12.1 Å². The largest absolute Gasteiger partial charge is 0.490 e. The molecule has 0 aromatic heterocycles. The van der Waals surface area contributed by atoms with Crippen molar-refractivity contribution < 1.29 is 22.7 Å². The lowest BCUT2D eigenvalue weighted by atomic mass is 9.45. The van der Waals surface area contributed by atoms with Gasteiger partial charge in [0.05, 0.1) is 5.56 Å². The number of amides is 1. The van der Waals surface area contributed by atoms with Crippen LogP contribution in [0.1, 0.15) is 71.8 Å². The molecule has 34 heavy (non-hydrogen) atoms. The van der Waals surface area contributed by atoms with Crippen LogP contribution in [0.5, 0.6) is 5.75 Å². The number of hydrogen-bond donors (Lipinski definition) is 0. The summed E-state index contributed by atoms with van der Waals surface area (Å²) in [5.41, 5.74) is -0.466. The van der Waals surface area contributed by atoms with Gasteiger partial charge in [-0.25, -0.2) is 0 Å². The first-order chi connectivity index (χ1) is 15.9. The Bertz CT molecular complexity index is 946. The van der Waals surface area contributed by atoms with Crippen LogP contribution in [0.4, 0.5) is 13.2 Å². The second-order valence-electron chi connectivity index (χ2n) is 12.3. The number of carbonyl (C=O) groups is 1. The van der Waals surface area contributed by atoms with E-state index in [2.05, 4.69) is 27.7 Å². The van der Waals surface area contributed by atoms with Gasteiger partial charge in [-0.15, -0.1) is 0 Å². The number of halogens is 3. The van der Waals surface area contributed by atoms with Crippen LogP contribution in [0, 0.1) is 40.4 Å². The number of fused-ring (bicyclic) bond motifs is 5. The molecule has 4 aliphatic rings.